The van der Waals surface area contributed by atoms with Crippen LogP contribution in [0.3, 0.4) is 0 Å². The molecule has 1 aromatic carbocycles. The average molecular weight is 164 g/mol. The molecule has 0 spiro atoms. The van der Waals surface area contributed by atoms with E-state index in [4.69, 9.17) is 5.84 Å². The summed E-state index contributed by atoms with van der Waals surface area (Å²) in [6.07, 6.45) is 0. The van der Waals surface area contributed by atoms with Gasteiger partial charge in [-0.1, -0.05) is 38.1 Å². The van der Waals surface area contributed by atoms with Gasteiger partial charge in [-0.05, 0) is 17.0 Å². The molecule has 0 fully saturated rings. The van der Waals surface area contributed by atoms with E-state index < -0.39 is 0 Å². The molecule has 2 nitrogen and oxygen atoms in total. The molecule has 0 aliphatic rings. The van der Waals surface area contributed by atoms with Gasteiger partial charge in [0, 0.05) is 6.54 Å². The monoisotopic (exact) mass is 164 g/mol. The van der Waals surface area contributed by atoms with Gasteiger partial charge in [0.25, 0.3) is 0 Å². The van der Waals surface area contributed by atoms with Crippen LogP contribution < -0.4 is 11.3 Å². The number of hydrogen-bond donors (Lipinski definition) is 2. The number of nitrogens with two attached hydrogens (primary N) is 1. The van der Waals surface area contributed by atoms with E-state index in [0.717, 1.165) is 6.54 Å². The lowest BCUT2D eigenvalue weighted by atomic mass is 10.0. The fourth-order valence-electron chi connectivity index (χ4n) is 1.14. The second-order valence-corrected chi connectivity index (χ2v) is 3.28. The molecule has 0 saturated heterocycles. The van der Waals surface area contributed by atoms with Gasteiger partial charge in [-0.3, -0.25) is 11.3 Å². The smallest absolute Gasteiger partial charge is 0.0348 e. The van der Waals surface area contributed by atoms with Crippen LogP contribution in [0.4, 0.5) is 0 Å². The standard InChI is InChI=1S/C10H16N2/c1-8(2)10-5-3-9(4-6-10)7-12-11/h3-6,8,12H,7,11H2,1-2H3. The molecule has 1 rings (SSSR count). The summed E-state index contributed by atoms with van der Waals surface area (Å²) in [5.74, 6) is 5.81. The van der Waals surface area contributed by atoms with E-state index in [9.17, 15) is 0 Å². The Morgan fingerprint density at radius 2 is 1.83 bits per heavy atom. The zero-order valence-corrected chi connectivity index (χ0v) is 7.67. The highest BCUT2D eigenvalue weighted by molar-refractivity contribution is 5.24. The number of rotatable bonds is 3. The van der Waals surface area contributed by atoms with E-state index in [2.05, 4.69) is 43.5 Å². The first-order valence-corrected chi connectivity index (χ1v) is 4.26. The lowest BCUT2D eigenvalue weighted by Crippen LogP contribution is -2.20. The molecule has 3 N–H and O–H groups in total. The summed E-state index contributed by atoms with van der Waals surface area (Å²) in [4.78, 5) is 0. The van der Waals surface area contributed by atoms with E-state index in [-0.39, 0.29) is 0 Å². The van der Waals surface area contributed by atoms with Crippen molar-refractivity contribution in [3.8, 4) is 0 Å². The van der Waals surface area contributed by atoms with Gasteiger partial charge in [-0.25, -0.2) is 0 Å². The second kappa shape index (κ2) is 4.24. The molecule has 0 heterocycles. The molecule has 0 aromatic heterocycles. The third kappa shape index (κ3) is 2.32. The first kappa shape index (κ1) is 9.23. The van der Waals surface area contributed by atoms with Gasteiger partial charge in [0.15, 0.2) is 0 Å². The minimum absolute atomic E-state index is 0.602. The molecule has 66 valence electrons. The van der Waals surface area contributed by atoms with Crippen molar-refractivity contribution < 1.29 is 0 Å². The molecule has 0 unspecified atom stereocenters. The Hall–Kier alpha value is -0.860. The van der Waals surface area contributed by atoms with Gasteiger partial charge in [0.05, 0.1) is 0 Å². The fraction of sp³-hybridized carbons (Fsp3) is 0.400. The number of hydrogen-bond acceptors (Lipinski definition) is 2. The van der Waals surface area contributed by atoms with E-state index in [1.165, 1.54) is 11.1 Å². The fourth-order valence-corrected chi connectivity index (χ4v) is 1.14. The zero-order valence-electron chi connectivity index (χ0n) is 7.67. The number of nitrogens with one attached hydrogen (secondary N) is 1. The van der Waals surface area contributed by atoms with Crippen molar-refractivity contribution >= 4 is 0 Å². The van der Waals surface area contributed by atoms with Gasteiger partial charge >= 0.3 is 0 Å². The first-order chi connectivity index (χ1) is 5.74. The van der Waals surface area contributed by atoms with Crippen molar-refractivity contribution in [2.75, 3.05) is 0 Å². The third-order valence-electron chi connectivity index (χ3n) is 1.95. The lowest BCUT2D eigenvalue weighted by Gasteiger charge is -2.05. The maximum absolute atomic E-state index is 5.21. The SMILES string of the molecule is CC(C)c1ccc(CNN)cc1. The summed E-state index contributed by atoms with van der Waals surface area (Å²) in [7, 11) is 0. The molecule has 0 aliphatic carbocycles. The van der Waals surface area contributed by atoms with E-state index in [1.54, 1.807) is 0 Å². The van der Waals surface area contributed by atoms with Crippen LogP contribution in [0.2, 0.25) is 0 Å². The molecule has 1 aromatic rings. The molecular formula is C10H16N2. The van der Waals surface area contributed by atoms with Crippen LogP contribution in [-0.2, 0) is 6.54 Å². The summed E-state index contributed by atoms with van der Waals surface area (Å²) in [5, 5.41) is 0. The van der Waals surface area contributed by atoms with Gasteiger partial charge < -0.3 is 0 Å². The van der Waals surface area contributed by atoms with Crippen LogP contribution in [0.5, 0.6) is 0 Å². The molecule has 0 atom stereocenters. The summed E-state index contributed by atoms with van der Waals surface area (Å²) in [5.41, 5.74) is 5.23. The Morgan fingerprint density at radius 1 is 1.25 bits per heavy atom. The molecule has 12 heavy (non-hydrogen) atoms. The second-order valence-electron chi connectivity index (χ2n) is 3.28. The topological polar surface area (TPSA) is 38.0 Å². The van der Waals surface area contributed by atoms with Crippen molar-refractivity contribution in [3.05, 3.63) is 35.4 Å². The molecule has 0 bridgehead atoms. The predicted octanol–water partition coefficient (Wildman–Crippen LogP) is 1.77. The van der Waals surface area contributed by atoms with Gasteiger partial charge in [0.2, 0.25) is 0 Å². The minimum Gasteiger partial charge on any atom is -0.271 e. The molecule has 0 radical (unpaired) electrons. The highest BCUT2D eigenvalue weighted by Crippen LogP contribution is 2.14. The minimum atomic E-state index is 0.602. The van der Waals surface area contributed by atoms with Crippen LogP contribution in [0.1, 0.15) is 30.9 Å². The zero-order chi connectivity index (χ0) is 8.97. The van der Waals surface area contributed by atoms with Crippen LogP contribution in [0.25, 0.3) is 0 Å². The van der Waals surface area contributed by atoms with Crippen LogP contribution in [-0.4, -0.2) is 0 Å². The number of benzene rings is 1. The normalized spacial score (nSPS) is 10.7. The lowest BCUT2D eigenvalue weighted by molar-refractivity contribution is 0.740. The van der Waals surface area contributed by atoms with Crippen molar-refractivity contribution in [1.82, 2.24) is 5.43 Å². The Morgan fingerprint density at radius 3 is 2.25 bits per heavy atom. The van der Waals surface area contributed by atoms with Crippen molar-refractivity contribution in [2.45, 2.75) is 26.3 Å². The first-order valence-electron chi connectivity index (χ1n) is 4.26. The van der Waals surface area contributed by atoms with Crippen LogP contribution >= 0.6 is 0 Å². The van der Waals surface area contributed by atoms with Crippen molar-refractivity contribution in [2.24, 2.45) is 5.84 Å². The van der Waals surface area contributed by atoms with E-state index >= 15 is 0 Å². The summed E-state index contributed by atoms with van der Waals surface area (Å²) >= 11 is 0. The average Bonchev–Trinajstić information content (AvgIpc) is 2.06. The van der Waals surface area contributed by atoms with Crippen molar-refractivity contribution in [1.29, 1.82) is 0 Å². The highest BCUT2D eigenvalue weighted by Gasteiger charge is 1.97. The summed E-state index contributed by atoms with van der Waals surface area (Å²) in [6.45, 7) is 5.12. The molecule has 0 saturated carbocycles. The maximum atomic E-state index is 5.21. The number of hydrazine groups is 1. The Kier molecular flexibility index (Phi) is 3.26. The maximum Gasteiger partial charge on any atom is 0.0348 e. The van der Waals surface area contributed by atoms with Gasteiger partial charge in [0.1, 0.15) is 0 Å². The van der Waals surface area contributed by atoms with Gasteiger partial charge in [-0.15, -0.1) is 0 Å². The van der Waals surface area contributed by atoms with Crippen LogP contribution in [0.15, 0.2) is 24.3 Å². The quantitative estimate of drug-likeness (QED) is 0.528. The van der Waals surface area contributed by atoms with Crippen molar-refractivity contribution in [3.63, 3.8) is 0 Å². The van der Waals surface area contributed by atoms with Gasteiger partial charge in [-0.2, -0.15) is 0 Å². The van der Waals surface area contributed by atoms with Crippen LogP contribution in [0, 0.1) is 0 Å². The Labute approximate surface area is 73.8 Å². The highest BCUT2D eigenvalue weighted by atomic mass is 15.2. The molecule has 2 heteroatoms. The third-order valence-corrected chi connectivity index (χ3v) is 1.95. The summed E-state index contributed by atoms with van der Waals surface area (Å²) < 4.78 is 0. The molecule has 0 amide bonds. The van der Waals surface area contributed by atoms with E-state index in [0.29, 0.717) is 5.92 Å². The largest absolute Gasteiger partial charge is 0.271 e. The Bertz CT molecular complexity index is 226. The summed E-state index contributed by atoms with van der Waals surface area (Å²) in [6, 6.07) is 8.51. The Balaban J connectivity index is 2.71. The van der Waals surface area contributed by atoms with E-state index in [1.807, 2.05) is 0 Å². The predicted molar refractivity (Wildman–Crippen MR) is 51.6 cm³/mol. The molecule has 0 aliphatic heterocycles. The molecular weight excluding hydrogens is 148 g/mol.